The van der Waals surface area contributed by atoms with Gasteiger partial charge in [-0.25, -0.2) is 4.98 Å². The van der Waals surface area contributed by atoms with Crippen molar-refractivity contribution in [2.75, 3.05) is 18.5 Å². The Morgan fingerprint density at radius 3 is 2.89 bits per heavy atom. The lowest BCUT2D eigenvalue weighted by atomic mass is 10.2. The van der Waals surface area contributed by atoms with E-state index >= 15 is 0 Å². The van der Waals surface area contributed by atoms with Gasteiger partial charge in [-0.1, -0.05) is 0 Å². The van der Waals surface area contributed by atoms with Gasteiger partial charge in [0.15, 0.2) is 5.79 Å². The average molecular weight is 267 g/mol. The molecule has 1 saturated heterocycles. The van der Waals surface area contributed by atoms with Crippen molar-refractivity contribution in [3.8, 4) is 0 Å². The number of anilines is 1. The minimum Gasteiger partial charge on any atom is -0.367 e. The van der Waals surface area contributed by atoms with E-state index in [9.17, 15) is 10.1 Å². The van der Waals surface area contributed by atoms with Crippen LogP contribution in [0.5, 0.6) is 0 Å². The van der Waals surface area contributed by atoms with Gasteiger partial charge in [-0.3, -0.25) is 10.1 Å². The fourth-order valence-corrected chi connectivity index (χ4v) is 1.92. The molecular weight excluding hydrogens is 250 g/mol. The van der Waals surface area contributed by atoms with Crippen LogP contribution in [-0.2, 0) is 9.47 Å². The van der Waals surface area contributed by atoms with Crippen LogP contribution in [0.4, 0.5) is 11.5 Å². The molecule has 2 heterocycles. The van der Waals surface area contributed by atoms with Gasteiger partial charge >= 0.3 is 0 Å². The summed E-state index contributed by atoms with van der Waals surface area (Å²) in [6.45, 7) is 6.57. The van der Waals surface area contributed by atoms with E-state index in [4.69, 9.17) is 9.47 Å². The van der Waals surface area contributed by atoms with E-state index in [1.165, 1.54) is 12.3 Å². The van der Waals surface area contributed by atoms with Crippen molar-refractivity contribution in [2.24, 2.45) is 0 Å². The number of hydrogen-bond donors (Lipinski definition) is 1. The van der Waals surface area contributed by atoms with Gasteiger partial charge in [0.2, 0.25) is 0 Å². The Balaban J connectivity index is 1.95. The third kappa shape index (κ3) is 3.39. The number of ether oxygens (including phenoxy) is 2. The molecule has 0 saturated carbocycles. The molecule has 1 aliphatic rings. The van der Waals surface area contributed by atoms with Crippen molar-refractivity contribution in [1.29, 1.82) is 0 Å². The van der Waals surface area contributed by atoms with Crippen molar-refractivity contribution in [3.05, 3.63) is 27.9 Å². The highest BCUT2D eigenvalue weighted by atomic mass is 16.7. The van der Waals surface area contributed by atoms with Gasteiger partial charge < -0.3 is 14.8 Å². The van der Waals surface area contributed by atoms with Crippen LogP contribution in [0.2, 0.25) is 0 Å². The molecule has 19 heavy (non-hydrogen) atoms. The molecule has 1 N–H and O–H groups in total. The standard InChI is InChI=1S/C12H17N3O4/c1-8-4-9(15(16)17)5-13-11(8)14-6-10-7-18-12(2,3)19-10/h4-5,10H,6-7H2,1-3H3,(H,13,14). The van der Waals surface area contributed by atoms with Crippen molar-refractivity contribution in [3.63, 3.8) is 0 Å². The summed E-state index contributed by atoms with van der Waals surface area (Å²) in [6, 6.07) is 1.49. The van der Waals surface area contributed by atoms with Crippen molar-refractivity contribution in [1.82, 2.24) is 4.98 Å². The highest BCUT2D eigenvalue weighted by Gasteiger charge is 2.32. The molecule has 1 atom stereocenters. The van der Waals surface area contributed by atoms with E-state index in [1.807, 2.05) is 13.8 Å². The minimum absolute atomic E-state index is 0.00960. The van der Waals surface area contributed by atoms with E-state index in [2.05, 4.69) is 10.3 Å². The van der Waals surface area contributed by atoms with Crippen LogP contribution in [-0.4, -0.2) is 35.0 Å². The Morgan fingerprint density at radius 2 is 2.37 bits per heavy atom. The summed E-state index contributed by atoms with van der Waals surface area (Å²) in [6.07, 6.45) is 1.19. The van der Waals surface area contributed by atoms with Crippen LogP contribution in [0.3, 0.4) is 0 Å². The number of nitrogens with zero attached hydrogens (tertiary/aromatic N) is 2. The van der Waals surface area contributed by atoms with E-state index in [1.54, 1.807) is 6.92 Å². The Morgan fingerprint density at radius 1 is 1.63 bits per heavy atom. The van der Waals surface area contributed by atoms with Crippen LogP contribution in [0.1, 0.15) is 19.4 Å². The normalized spacial score (nSPS) is 21.3. The van der Waals surface area contributed by atoms with Crippen molar-refractivity contribution < 1.29 is 14.4 Å². The summed E-state index contributed by atoms with van der Waals surface area (Å²) < 4.78 is 11.1. The molecule has 0 radical (unpaired) electrons. The fourth-order valence-electron chi connectivity index (χ4n) is 1.92. The van der Waals surface area contributed by atoms with Gasteiger partial charge in [-0.2, -0.15) is 0 Å². The zero-order chi connectivity index (χ0) is 14.0. The second-order valence-electron chi connectivity index (χ2n) is 4.95. The predicted molar refractivity (Wildman–Crippen MR) is 69.0 cm³/mol. The number of nitrogens with one attached hydrogen (secondary N) is 1. The molecule has 0 aliphatic carbocycles. The third-order valence-corrected chi connectivity index (χ3v) is 2.84. The first-order valence-electron chi connectivity index (χ1n) is 6.04. The topological polar surface area (TPSA) is 86.5 Å². The predicted octanol–water partition coefficient (Wildman–Crippen LogP) is 1.86. The second kappa shape index (κ2) is 5.10. The SMILES string of the molecule is Cc1cc([N+](=O)[O-])cnc1NCC1COC(C)(C)O1. The molecule has 7 heteroatoms. The molecule has 0 amide bonds. The number of nitro groups is 1. The minimum atomic E-state index is -0.551. The maximum Gasteiger partial charge on any atom is 0.287 e. The molecule has 0 spiro atoms. The first kappa shape index (κ1) is 13.7. The van der Waals surface area contributed by atoms with E-state index in [0.29, 0.717) is 19.0 Å². The number of rotatable bonds is 4. The highest BCUT2D eigenvalue weighted by molar-refractivity contribution is 5.48. The van der Waals surface area contributed by atoms with Gasteiger partial charge in [0.05, 0.1) is 11.5 Å². The lowest BCUT2D eigenvalue weighted by Crippen LogP contribution is -2.26. The largest absolute Gasteiger partial charge is 0.367 e. The number of aromatic nitrogens is 1. The van der Waals surface area contributed by atoms with Crippen LogP contribution >= 0.6 is 0 Å². The molecule has 0 aromatic carbocycles. The first-order valence-corrected chi connectivity index (χ1v) is 6.04. The molecule has 0 bridgehead atoms. The summed E-state index contributed by atoms with van der Waals surface area (Å²) in [7, 11) is 0. The van der Waals surface area contributed by atoms with Crippen LogP contribution < -0.4 is 5.32 Å². The molecule has 7 nitrogen and oxygen atoms in total. The van der Waals surface area contributed by atoms with Gasteiger partial charge in [0.1, 0.15) is 18.1 Å². The molecule has 1 fully saturated rings. The van der Waals surface area contributed by atoms with Crippen molar-refractivity contribution >= 4 is 11.5 Å². The Hall–Kier alpha value is -1.73. The quantitative estimate of drug-likeness (QED) is 0.662. The van der Waals surface area contributed by atoms with Crippen LogP contribution in [0.25, 0.3) is 0 Å². The summed E-state index contributed by atoms with van der Waals surface area (Å²) in [4.78, 5) is 14.2. The molecule has 1 aromatic rings. The molecular formula is C12H17N3O4. The average Bonchev–Trinajstić information content (AvgIpc) is 2.67. The summed E-state index contributed by atoms with van der Waals surface area (Å²) >= 11 is 0. The zero-order valence-corrected chi connectivity index (χ0v) is 11.2. The van der Waals surface area contributed by atoms with E-state index in [0.717, 1.165) is 5.56 Å². The van der Waals surface area contributed by atoms with Gasteiger partial charge in [-0.05, 0) is 26.3 Å². The second-order valence-corrected chi connectivity index (χ2v) is 4.95. The van der Waals surface area contributed by atoms with Crippen molar-refractivity contribution in [2.45, 2.75) is 32.7 Å². The highest BCUT2D eigenvalue weighted by Crippen LogP contribution is 2.23. The Kier molecular flexibility index (Phi) is 3.68. The van der Waals surface area contributed by atoms with E-state index < -0.39 is 10.7 Å². The number of pyridine rings is 1. The summed E-state index contributed by atoms with van der Waals surface area (Å²) in [5, 5.41) is 13.7. The number of hydrogen-bond acceptors (Lipinski definition) is 6. The molecule has 104 valence electrons. The lowest BCUT2D eigenvalue weighted by molar-refractivity contribution is -0.385. The van der Waals surface area contributed by atoms with Crippen LogP contribution in [0.15, 0.2) is 12.3 Å². The number of aryl methyl sites for hydroxylation is 1. The van der Waals surface area contributed by atoms with Gasteiger partial charge in [-0.15, -0.1) is 0 Å². The monoisotopic (exact) mass is 267 g/mol. The molecule has 1 unspecified atom stereocenters. The zero-order valence-electron chi connectivity index (χ0n) is 11.2. The van der Waals surface area contributed by atoms with Gasteiger partial charge in [0.25, 0.3) is 5.69 Å². The molecule has 1 aliphatic heterocycles. The summed E-state index contributed by atoms with van der Waals surface area (Å²) in [5.74, 6) is 0.0727. The summed E-state index contributed by atoms with van der Waals surface area (Å²) in [5.41, 5.74) is 0.719. The van der Waals surface area contributed by atoms with E-state index in [-0.39, 0.29) is 11.8 Å². The van der Waals surface area contributed by atoms with Gasteiger partial charge in [0, 0.05) is 12.6 Å². The Bertz CT molecular complexity index is 490. The smallest absolute Gasteiger partial charge is 0.287 e. The van der Waals surface area contributed by atoms with Crippen LogP contribution in [0, 0.1) is 17.0 Å². The Labute approximate surface area is 111 Å². The lowest BCUT2D eigenvalue weighted by Gasteiger charge is -2.17. The maximum atomic E-state index is 10.6. The first-order chi connectivity index (χ1) is 8.87. The maximum absolute atomic E-state index is 10.6. The fraction of sp³-hybridized carbons (Fsp3) is 0.583. The molecule has 1 aromatic heterocycles. The third-order valence-electron chi connectivity index (χ3n) is 2.84. The molecule has 2 rings (SSSR count).